The zero-order chi connectivity index (χ0) is 9.56. The molecule has 0 amide bonds. The summed E-state index contributed by atoms with van der Waals surface area (Å²) in [7, 11) is 0. The minimum absolute atomic E-state index is 0.0660. The van der Waals surface area contributed by atoms with Gasteiger partial charge < -0.3 is 4.74 Å². The smallest absolute Gasteiger partial charge is 0.293 e. The third kappa shape index (κ3) is 6.20. The predicted molar refractivity (Wildman–Crippen MR) is 49.8 cm³/mol. The fraction of sp³-hybridized carbons (Fsp3) is 0.900. The van der Waals surface area contributed by atoms with E-state index in [1.165, 1.54) is 6.42 Å². The predicted octanol–water partition coefficient (Wildman–Crippen LogP) is 2.62. The second-order valence-corrected chi connectivity index (χ2v) is 4.01. The Balaban J connectivity index is 3.53. The van der Waals surface area contributed by atoms with Crippen LogP contribution in [-0.4, -0.2) is 12.6 Å². The van der Waals surface area contributed by atoms with Crippen molar-refractivity contribution < 1.29 is 9.53 Å². The van der Waals surface area contributed by atoms with Crippen LogP contribution in [0.1, 0.15) is 40.5 Å². The second kappa shape index (κ2) is 6.04. The molecule has 0 aliphatic carbocycles. The Hall–Kier alpha value is -0.530. The Bertz CT molecular complexity index is 121. The number of hydrogen-bond donors (Lipinski definition) is 0. The molecule has 2 nitrogen and oxygen atoms in total. The summed E-state index contributed by atoms with van der Waals surface area (Å²) in [6.45, 7) is 9.09. The number of carbonyl (C=O) groups excluding carboxylic acids is 1. The van der Waals surface area contributed by atoms with Gasteiger partial charge in [-0.1, -0.05) is 20.8 Å². The van der Waals surface area contributed by atoms with E-state index < -0.39 is 0 Å². The third-order valence-electron chi connectivity index (χ3n) is 1.90. The van der Waals surface area contributed by atoms with Crippen LogP contribution in [0.3, 0.4) is 0 Å². The molecule has 0 aliphatic rings. The van der Waals surface area contributed by atoms with Crippen molar-refractivity contribution in [2.24, 2.45) is 11.8 Å². The van der Waals surface area contributed by atoms with E-state index in [9.17, 15) is 4.79 Å². The molecule has 0 fully saturated rings. The zero-order valence-corrected chi connectivity index (χ0v) is 8.54. The number of ether oxygens (including phenoxy) is 1. The van der Waals surface area contributed by atoms with E-state index >= 15 is 0 Å². The highest BCUT2D eigenvalue weighted by Crippen LogP contribution is 2.17. The molecule has 2 heteroatoms. The highest BCUT2D eigenvalue weighted by molar-refractivity contribution is 5.37. The standard InChI is InChI=1S/C10H20O2/c1-8(2)5-9(3)6-10(4)12-7-11/h7-10H,5-6H2,1-4H3. The van der Waals surface area contributed by atoms with Crippen molar-refractivity contribution in [3.8, 4) is 0 Å². The molecule has 0 bridgehead atoms. The first kappa shape index (κ1) is 11.5. The molecule has 2 unspecified atom stereocenters. The maximum absolute atomic E-state index is 10.00. The van der Waals surface area contributed by atoms with Crippen LogP contribution < -0.4 is 0 Å². The fourth-order valence-corrected chi connectivity index (χ4v) is 1.62. The molecule has 0 aromatic carbocycles. The molecule has 0 N–H and O–H groups in total. The molecule has 0 aliphatic heterocycles. The van der Waals surface area contributed by atoms with E-state index in [1.54, 1.807) is 0 Å². The first-order valence-corrected chi connectivity index (χ1v) is 4.65. The van der Waals surface area contributed by atoms with E-state index in [-0.39, 0.29) is 6.10 Å². The maximum atomic E-state index is 10.00. The highest BCUT2D eigenvalue weighted by Gasteiger charge is 2.10. The van der Waals surface area contributed by atoms with E-state index in [4.69, 9.17) is 4.74 Å². The maximum Gasteiger partial charge on any atom is 0.293 e. The number of hydrogen-bond acceptors (Lipinski definition) is 2. The molecule has 0 saturated heterocycles. The summed E-state index contributed by atoms with van der Waals surface area (Å²) >= 11 is 0. The molecule has 72 valence electrons. The molecule has 12 heavy (non-hydrogen) atoms. The Labute approximate surface area is 75.3 Å². The van der Waals surface area contributed by atoms with Gasteiger partial charge in [-0.3, -0.25) is 4.79 Å². The van der Waals surface area contributed by atoms with Crippen LogP contribution in [0, 0.1) is 11.8 Å². The van der Waals surface area contributed by atoms with Crippen LogP contribution in [0.15, 0.2) is 0 Å². The molecular weight excluding hydrogens is 152 g/mol. The largest absolute Gasteiger partial charge is 0.465 e. The minimum Gasteiger partial charge on any atom is -0.465 e. The Morgan fingerprint density at radius 3 is 2.17 bits per heavy atom. The van der Waals surface area contributed by atoms with Crippen molar-refractivity contribution in [1.29, 1.82) is 0 Å². The van der Waals surface area contributed by atoms with Crippen LogP contribution >= 0.6 is 0 Å². The van der Waals surface area contributed by atoms with Gasteiger partial charge >= 0.3 is 0 Å². The van der Waals surface area contributed by atoms with E-state index in [0.29, 0.717) is 12.4 Å². The van der Waals surface area contributed by atoms with Crippen molar-refractivity contribution in [1.82, 2.24) is 0 Å². The summed E-state index contributed by atoms with van der Waals surface area (Å²) in [6.07, 6.45) is 2.24. The summed E-state index contributed by atoms with van der Waals surface area (Å²) in [5.41, 5.74) is 0. The molecule has 0 rings (SSSR count). The zero-order valence-electron chi connectivity index (χ0n) is 8.54. The van der Waals surface area contributed by atoms with Gasteiger partial charge in [-0.25, -0.2) is 0 Å². The van der Waals surface area contributed by atoms with Gasteiger partial charge in [-0.15, -0.1) is 0 Å². The van der Waals surface area contributed by atoms with Crippen molar-refractivity contribution >= 4 is 6.47 Å². The lowest BCUT2D eigenvalue weighted by molar-refractivity contribution is -0.133. The van der Waals surface area contributed by atoms with Gasteiger partial charge in [-0.2, -0.15) is 0 Å². The van der Waals surface area contributed by atoms with Gasteiger partial charge in [0.1, 0.15) is 0 Å². The van der Waals surface area contributed by atoms with Crippen molar-refractivity contribution in [3.63, 3.8) is 0 Å². The third-order valence-corrected chi connectivity index (χ3v) is 1.90. The summed E-state index contributed by atoms with van der Waals surface area (Å²) < 4.78 is 4.81. The summed E-state index contributed by atoms with van der Waals surface area (Å²) in [4.78, 5) is 10.00. The Kier molecular flexibility index (Phi) is 5.77. The fourth-order valence-electron chi connectivity index (χ4n) is 1.62. The molecule has 0 radical (unpaired) electrons. The lowest BCUT2D eigenvalue weighted by Gasteiger charge is -2.17. The average Bonchev–Trinajstić information content (AvgIpc) is 1.84. The van der Waals surface area contributed by atoms with Gasteiger partial charge in [0.05, 0.1) is 6.10 Å². The molecule has 2 atom stereocenters. The first-order chi connectivity index (χ1) is 5.56. The van der Waals surface area contributed by atoms with E-state index in [2.05, 4.69) is 20.8 Å². The topological polar surface area (TPSA) is 26.3 Å². The molecule has 0 heterocycles. The molecule has 0 spiro atoms. The van der Waals surface area contributed by atoms with Gasteiger partial charge in [0.2, 0.25) is 0 Å². The SMILES string of the molecule is CC(C)CC(C)CC(C)OC=O. The quantitative estimate of drug-likeness (QED) is 0.576. The summed E-state index contributed by atoms with van der Waals surface area (Å²) in [5.74, 6) is 1.36. The molecule has 0 aromatic rings. The highest BCUT2D eigenvalue weighted by atomic mass is 16.5. The van der Waals surface area contributed by atoms with Gasteiger partial charge in [0.25, 0.3) is 6.47 Å². The van der Waals surface area contributed by atoms with Gasteiger partial charge in [0.15, 0.2) is 0 Å². The lowest BCUT2D eigenvalue weighted by Crippen LogP contribution is -2.13. The molecule has 0 aromatic heterocycles. The number of carbonyl (C=O) groups is 1. The van der Waals surface area contributed by atoms with Crippen molar-refractivity contribution in [2.45, 2.75) is 46.6 Å². The average molecular weight is 172 g/mol. The van der Waals surface area contributed by atoms with E-state index in [1.807, 2.05) is 6.92 Å². The van der Waals surface area contributed by atoms with Gasteiger partial charge in [-0.05, 0) is 31.6 Å². The summed E-state index contributed by atoms with van der Waals surface area (Å²) in [5, 5.41) is 0. The first-order valence-electron chi connectivity index (χ1n) is 4.65. The van der Waals surface area contributed by atoms with Crippen molar-refractivity contribution in [2.75, 3.05) is 0 Å². The minimum atomic E-state index is 0.0660. The monoisotopic (exact) mass is 172 g/mol. The Morgan fingerprint density at radius 1 is 1.17 bits per heavy atom. The van der Waals surface area contributed by atoms with Crippen LogP contribution in [-0.2, 0) is 9.53 Å². The Morgan fingerprint density at radius 2 is 1.75 bits per heavy atom. The van der Waals surface area contributed by atoms with Gasteiger partial charge in [0, 0.05) is 0 Å². The van der Waals surface area contributed by atoms with Crippen LogP contribution in [0.5, 0.6) is 0 Å². The summed E-state index contributed by atoms with van der Waals surface area (Å²) in [6, 6.07) is 0. The van der Waals surface area contributed by atoms with Crippen LogP contribution in [0.2, 0.25) is 0 Å². The second-order valence-electron chi connectivity index (χ2n) is 4.01. The van der Waals surface area contributed by atoms with Crippen LogP contribution in [0.4, 0.5) is 0 Å². The molecule has 0 saturated carbocycles. The number of rotatable bonds is 6. The molecular formula is C10H20O2. The van der Waals surface area contributed by atoms with Crippen molar-refractivity contribution in [3.05, 3.63) is 0 Å². The normalized spacial score (nSPS) is 15.8. The van der Waals surface area contributed by atoms with Crippen LogP contribution in [0.25, 0.3) is 0 Å². The van der Waals surface area contributed by atoms with E-state index in [0.717, 1.165) is 12.3 Å². The lowest BCUT2D eigenvalue weighted by atomic mass is 9.94.